The van der Waals surface area contributed by atoms with Gasteiger partial charge in [0.1, 0.15) is 6.07 Å². The van der Waals surface area contributed by atoms with Crippen LogP contribution in [0.25, 0.3) is 0 Å². The molecule has 0 saturated heterocycles. The minimum Gasteiger partial charge on any atom is -0.390 e. The molecule has 0 saturated carbocycles. The largest absolute Gasteiger partial charge is 0.390 e. The van der Waals surface area contributed by atoms with E-state index < -0.39 is 5.60 Å². The maximum atomic E-state index is 9.83. The number of rotatable bonds is 4. The monoisotopic (exact) mass is 285 g/mol. The number of nitrogens with zero attached hydrogens (tertiary/aromatic N) is 3. The van der Waals surface area contributed by atoms with E-state index >= 15 is 0 Å². The molecule has 0 atom stereocenters. The minimum atomic E-state index is -0.805. The molecule has 1 N–H and O–H groups in total. The number of aromatic nitrogens is 2. The maximum absolute atomic E-state index is 9.83. The van der Waals surface area contributed by atoms with E-state index in [4.69, 9.17) is 5.26 Å². The third-order valence-electron chi connectivity index (χ3n) is 2.13. The number of hydrogen-bond donors (Lipinski definition) is 1. The van der Waals surface area contributed by atoms with Crippen LogP contribution >= 0.6 is 15.9 Å². The highest BCUT2D eigenvalue weighted by Gasteiger charge is 2.22. The Morgan fingerprint density at radius 2 is 2.19 bits per heavy atom. The fourth-order valence-corrected chi connectivity index (χ4v) is 2.03. The predicted octanol–water partition coefficient (Wildman–Crippen LogP) is 2.24. The second-order valence-corrected chi connectivity index (χ2v) is 5.23. The van der Waals surface area contributed by atoms with Gasteiger partial charge in [0.05, 0.1) is 15.8 Å². The lowest BCUT2D eigenvalue weighted by atomic mass is 10.0. The second kappa shape index (κ2) is 4.98. The van der Waals surface area contributed by atoms with Crippen molar-refractivity contribution in [3.8, 4) is 6.07 Å². The summed E-state index contributed by atoms with van der Waals surface area (Å²) in [5.41, 5.74) is 0.458. The molecular formula is C11H16BrN3O. The summed E-state index contributed by atoms with van der Waals surface area (Å²) in [4.78, 5) is 0. The topological polar surface area (TPSA) is 61.8 Å². The highest BCUT2D eigenvalue weighted by Crippen LogP contribution is 2.25. The van der Waals surface area contributed by atoms with Crippen molar-refractivity contribution in [3.63, 3.8) is 0 Å². The van der Waals surface area contributed by atoms with Crippen LogP contribution in [-0.2, 0) is 13.0 Å². The molecule has 0 radical (unpaired) electrons. The fraction of sp³-hybridized carbons (Fsp3) is 0.636. The van der Waals surface area contributed by atoms with Gasteiger partial charge in [-0.1, -0.05) is 6.92 Å². The number of aliphatic hydroxyl groups is 1. The molecule has 4 nitrogen and oxygen atoms in total. The first kappa shape index (κ1) is 13.2. The average molecular weight is 286 g/mol. The van der Waals surface area contributed by atoms with Gasteiger partial charge in [0, 0.05) is 13.0 Å². The molecule has 88 valence electrons. The Kier molecular flexibility index (Phi) is 4.11. The zero-order valence-electron chi connectivity index (χ0n) is 9.79. The van der Waals surface area contributed by atoms with Crippen molar-refractivity contribution in [3.05, 3.63) is 15.9 Å². The fourth-order valence-electron chi connectivity index (χ4n) is 1.52. The summed E-state index contributed by atoms with van der Waals surface area (Å²) in [5.74, 6) is 0. The van der Waals surface area contributed by atoms with Crippen LogP contribution in [0, 0.1) is 11.3 Å². The molecule has 0 aliphatic rings. The molecule has 16 heavy (non-hydrogen) atoms. The van der Waals surface area contributed by atoms with Gasteiger partial charge >= 0.3 is 0 Å². The number of hydrogen-bond acceptors (Lipinski definition) is 3. The van der Waals surface area contributed by atoms with Crippen molar-refractivity contribution < 1.29 is 5.11 Å². The zero-order valence-corrected chi connectivity index (χ0v) is 11.4. The first-order valence-electron chi connectivity index (χ1n) is 5.26. The molecule has 0 amide bonds. The van der Waals surface area contributed by atoms with Gasteiger partial charge in [0.25, 0.3) is 0 Å². The smallest absolute Gasteiger partial charge is 0.176 e. The van der Waals surface area contributed by atoms with Crippen molar-refractivity contribution in [1.82, 2.24) is 9.78 Å². The third-order valence-corrected chi connectivity index (χ3v) is 2.97. The summed E-state index contributed by atoms with van der Waals surface area (Å²) in [6.45, 7) is 6.30. The van der Waals surface area contributed by atoms with Crippen LogP contribution in [0.2, 0.25) is 0 Å². The summed E-state index contributed by atoms with van der Waals surface area (Å²) in [6, 6.07) is 2.04. The zero-order chi connectivity index (χ0) is 12.3. The van der Waals surface area contributed by atoms with Crippen LogP contribution in [-0.4, -0.2) is 20.5 Å². The molecule has 0 fully saturated rings. The summed E-state index contributed by atoms with van der Waals surface area (Å²) in [5, 5.41) is 22.9. The van der Waals surface area contributed by atoms with E-state index in [2.05, 4.69) is 28.0 Å². The van der Waals surface area contributed by atoms with E-state index in [9.17, 15) is 5.11 Å². The molecule has 1 aromatic rings. The summed E-state index contributed by atoms with van der Waals surface area (Å²) >= 11 is 3.37. The Morgan fingerprint density at radius 1 is 1.56 bits per heavy atom. The first-order valence-corrected chi connectivity index (χ1v) is 6.06. The normalized spacial score (nSPS) is 11.5. The molecule has 1 heterocycles. The van der Waals surface area contributed by atoms with Crippen molar-refractivity contribution in [1.29, 1.82) is 5.26 Å². The lowest BCUT2D eigenvalue weighted by Crippen LogP contribution is -2.24. The van der Waals surface area contributed by atoms with Crippen molar-refractivity contribution in [2.24, 2.45) is 0 Å². The third kappa shape index (κ3) is 3.06. The number of aryl methyl sites for hydroxylation is 1. The van der Waals surface area contributed by atoms with E-state index in [-0.39, 0.29) is 0 Å². The standard InChI is InChI=1S/C11H16BrN3O/c1-4-5-15-9(6-11(2,3)16)10(12)8(7-13)14-15/h16H,4-6H2,1-3H3. The van der Waals surface area contributed by atoms with Crippen molar-refractivity contribution >= 4 is 15.9 Å². The summed E-state index contributed by atoms with van der Waals surface area (Å²) < 4.78 is 2.49. The lowest BCUT2D eigenvalue weighted by molar-refractivity contribution is 0.0784. The molecule has 0 unspecified atom stereocenters. The molecule has 1 rings (SSSR count). The molecular weight excluding hydrogens is 270 g/mol. The van der Waals surface area contributed by atoms with E-state index in [1.165, 1.54) is 0 Å². The quantitative estimate of drug-likeness (QED) is 0.923. The van der Waals surface area contributed by atoms with Crippen molar-refractivity contribution in [2.45, 2.75) is 45.8 Å². The second-order valence-electron chi connectivity index (χ2n) is 4.43. The van der Waals surface area contributed by atoms with E-state index in [0.717, 1.165) is 18.7 Å². The van der Waals surface area contributed by atoms with Crippen LogP contribution in [0.1, 0.15) is 38.6 Å². The van der Waals surface area contributed by atoms with Crippen LogP contribution in [0.3, 0.4) is 0 Å². The predicted molar refractivity (Wildman–Crippen MR) is 64.9 cm³/mol. The Morgan fingerprint density at radius 3 is 2.62 bits per heavy atom. The van der Waals surface area contributed by atoms with Crippen LogP contribution in [0.15, 0.2) is 4.47 Å². The molecule has 0 aromatic carbocycles. The molecule has 0 aliphatic heterocycles. The highest BCUT2D eigenvalue weighted by molar-refractivity contribution is 9.10. The van der Waals surface area contributed by atoms with Gasteiger partial charge in [-0.25, -0.2) is 0 Å². The minimum absolute atomic E-state index is 0.382. The average Bonchev–Trinajstić information content (AvgIpc) is 2.44. The summed E-state index contributed by atoms with van der Waals surface area (Å²) in [7, 11) is 0. The van der Waals surface area contributed by atoms with Gasteiger partial charge in [0.15, 0.2) is 5.69 Å². The SMILES string of the molecule is CCCn1nc(C#N)c(Br)c1CC(C)(C)O. The van der Waals surface area contributed by atoms with E-state index in [1.54, 1.807) is 18.5 Å². The van der Waals surface area contributed by atoms with E-state index in [1.807, 2.05) is 6.07 Å². The van der Waals surface area contributed by atoms with Crippen LogP contribution in [0.4, 0.5) is 0 Å². The van der Waals surface area contributed by atoms with E-state index in [0.29, 0.717) is 16.6 Å². The number of halogens is 1. The molecule has 5 heteroatoms. The maximum Gasteiger partial charge on any atom is 0.176 e. The van der Waals surface area contributed by atoms with Gasteiger partial charge in [-0.15, -0.1) is 0 Å². The number of nitriles is 1. The van der Waals surface area contributed by atoms with Gasteiger partial charge in [-0.2, -0.15) is 10.4 Å². The van der Waals surface area contributed by atoms with Gasteiger partial charge in [0.2, 0.25) is 0 Å². The molecule has 1 aromatic heterocycles. The first-order chi connectivity index (χ1) is 7.39. The van der Waals surface area contributed by atoms with Crippen LogP contribution in [0.5, 0.6) is 0 Å². The summed E-state index contributed by atoms with van der Waals surface area (Å²) in [6.07, 6.45) is 1.42. The Hall–Kier alpha value is -0.860. The van der Waals surface area contributed by atoms with Gasteiger partial charge in [-0.3, -0.25) is 4.68 Å². The van der Waals surface area contributed by atoms with Crippen molar-refractivity contribution in [2.75, 3.05) is 0 Å². The van der Waals surface area contributed by atoms with Gasteiger partial charge < -0.3 is 5.11 Å². The molecule has 0 aliphatic carbocycles. The lowest BCUT2D eigenvalue weighted by Gasteiger charge is -2.18. The molecule has 0 spiro atoms. The Balaban J connectivity index is 3.14. The van der Waals surface area contributed by atoms with Gasteiger partial charge in [-0.05, 0) is 36.2 Å². The van der Waals surface area contributed by atoms with Crippen LogP contribution < -0.4 is 0 Å². The Labute approximate surface area is 104 Å². The Bertz CT molecular complexity index is 412. The highest BCUT2D eigenvalue weighted by atomic mass is 79.9. The molecule has 0 bridgehead atoms.